The predicted octanol–water partition coefficient (Wildman–Crippen LogP) is 0.800. The number of hydrogen-bond donors (Lipinski definition) is 1. The van der Waals surface area contributed by atoms with Crippen LogP contribution in [0, 0.1) is 0 Å². The second-order valence-electron chi connectivity index (χ2n) is 4.62. The van der Waals surface area contributed by atoms with Gasteiger partial charge in [-0.1, -0.05) is 25.8 Å². The zero-order chi connectivity index (χ0) is 13.8. The monoisotopic (exact) mass is 265 g/mol. The van der Waals surface area contributed by atoms with Gasteiger partial charge >= 0.3 is 0 Å². The number of unbranched alkanes of at least 4 members (excludes halogenated alkanes) is 1. The first kappa shape index (κ1) is 13.7. The van der Waals surface area contributed by atoms with Gasteiger partial charge < -0.3 is 24.5 Å². The van der Waals surface area contributed by atoms with Gasteiger partial charge in [0.1, 0.15) is 0 Å². The van der Waals surface area contributed by atoms with E-state index in [0.29, 0.717) is 23.5 Å². The Morgan fingerprint density at radius 2 is 2.16 bits per heavy atom. The first-order valence-corrected chi connectivity index (χ1v) is 6.42. The quantitative estimate of drug-likeness (QED) is 0.823. The maximum Gasteiger partial charge on any atom is 0.231 e. The zero-order valence-corrected chi connectivity index (χ0v) is 10.8. The van der Waals surface area contributed by atoms with E-state index in [1.54, 1.807) is 18.2 Å². The second-order valence-corrected chi connectivity index (χ2v) is 4.62. The predicted molar refractivity (Wildman–Crippen MR) is 65.8 cm³/mol. The Labute approximate surface area is 111 Å². The van der Waals surface area contributed by atoms with Crippen LogP contribution in [0.5, 0.6) is 11.5 Å². The number of rotatable bonds is 6. The minimum Gasteiger partial charge on any atom is -0.549 e. The summed E-state index contributed by atoms with van der Waals surface area (Å²) in [4.78, 5) is 11.3. The summed E-state index contributed by atoms with van der Waals surface area (Å²) in [7, 11) is 0. The molecule has 1 N–H and O–H groups in total. The molecular formula is C14H17O5-. The molecule has 0 fully saturated rings. The van der Waals surface area contributed by atoms with Crippen molar-refractivity contribution in [2.75, 3.05) is 6.79 Å². The van der Waals surface area contributed by atoms with Crippen LogP contribution in [0.2, 0.25) is 0 Å². The van der Waals surface area contributed by atoms with Crippen LogP contribution < -0.4 is 14.6 Å². The molecule has 5 nitrogen and oxygen atoms in total. The van der Waals surface area contributed by atoms with Gasteiger partial charge in [0.2, 0.25) is 6.79 Å². The summed E-state index contributed by atoms with van der Waals surface area (Å²) in [6.45, 7) is 2.12. The fraction of sp³-hybridized carbons (Fsp3) is 0.500. The van der Waals surface area contributed by atoms with E-state index < -0.39 is 18.0 Å². The number of carbonyl (C=O) groups is 1. The number of carbonyl (C=O) groups excluding carboxylic acids is 1. The van der Waals surface area contributed by atoms with E-state index in [9.17, 15) is 15.0 Å². The highest BCUT2D eigenvalue weighted by molar-refractivity contribution is 5.75. The molecule has 0 saturated carbocycles. The Hall–Kier alpha value is -1.75. The van der Waals surface area contributed by atoms with Crippen molar-refractivity contribution in [2.24, 2.45) is 0 Å². The molecule has 1 aromatic rings. The second kappa shape index (κ2) is 5.93. The van der Waals surface area contributed by atoms with Crippen molar-refractivity contribution in [3.8, 4) is 11.5 Å². The summed E-state index contributed by atoms with van der Waals surface area (Å²) < 4.78 is 10.4. The molecule has 1 heterocycles. The van der Waals surface area contributed by atoms with Crippen molar-refractivity contribution < 1.29 is 24.5 Å². The van der Waals surface area contributed by atoms with Gasteiger partial charge in [0.15, 0.2) is 11.5 Å². The van der Waals surface area contributed by atoms with E-state index in [4.69, 9.17) is 9.47 Å². The number of benzene rings is 1. The third-order valence-corrected chi connectivity index (χ3v) is 3.25. The molecule has 19 heavy (non-hydrogen) atoms. The highest BCUT2D eigenvalue weighted by Crippen LogP contribution is 2.35. The summed E-state index contributed by atoms with van der Waals surface area (Å²) in [6, 6.07) is 4.88. The minimum atomic E-state index is -1.28. The average Bonchev–Trinajstić information content (AvgIpc) is 2.83. The molecule has 2 atom stereocenters. The summed E-state index contributed by atoms with van der Waals surface area (Å²) in [5, 5.41) is 21.3. The largest absolute Gasteiger partial charge is 0.549 e. The van der Waals surface area contributed by atoms with E-state index in [2.05, 4.69) is 0 Å². The molecule has 0 aromatic heterocycles. The van der Waals surface area contributed by atoms with E-state index in [-0.39, 0.29) is 6.79 Å². The van der Waals surface area contributed by atoms with Gasteiger partial charge in [0, 0.05) is 5.92 Å². The fourth-order valence-corrected chi connectivity index (χ4v) is 2.20. The van der Waals surface area contributed by atoms with Crippen molar-refractivity contribution >= 4 is 5.97 Å². The van der Waals surface area contributed by atoms with Crippen LogP contribution in [-0.2, 0) is 4.79 Å². The third kappa shape index (κ3) is 2.98. The number of aliphatic hydroxyl groups excluding tert-OH is 1. The standard InChI is InChI=1S/C14H18O5/c1-2-3-4-10(15)13(14(16)17)9-5-6-11-12(7-9)19-8-18-11/h5-7,10,13,15H,2-4,8H2,1H3,(H,16,17)/p-1. The van der Waals surface area contributed by atoms with Crippen LogP contribution in [0.1, 0.15) is 37.7 Å². The molecule has 0 amide bonds. The number of hydrogen-bond acceptors (Lipinski definition) is 5. The molecule has 5 heteroatoms. The Morgan fingerprint density at radius 1 is 1.42 bits per heavy atom. The number of fused-ring (bicyclic) bond motifs is 1. The molecule has 0 saturated heterocycles. The van der Waals surface area contributed by atoms with E-state index in [1.807, 2.05) is 6.92 Å². The van der Waals surface area contributed by atoms with Crippen LogP contribution in [0.25, 0.3) is 0 Å². The molecule has 104 valence electrons. The summed E-state index contributed by atoms with van der Waals surface area (Å²) in [6.07, 6.45) is 1.15. The lowest BCUT2D eigenvalue weighted by atomic mass is 9.90. The average molecular weight is 265 g/mol. The van der Waals surface area contributed by atoms with Gasteiger partial charge in [-0.3, -0.25) is 0 Å². The van der Waals surface area contributed by atoms with Crippen LogP contribution in [0.15, 0.2) is 18.2 Å². The summed E-state index contributed by atoms with van der Waals surface area (Å²) in [5.41, 5.74) is 0.479. The maximum absolute atomic E-state index is 11.3. The van der Waals surface area contributed by atoms with Gasteiger partial charge in [-0.25, -0.2) is 0 Å². The Bertz CT molecular complexity index is 457. The van der Waals surface area contributed by atoms with Gasteiger partial charge in [-0.15, -0.1) is 0 Å². The topological polar surface area (TPSA) is 78.8 Å². The van der Waals surface area contributed by atoms with Gasteiger partial charge in [0.25, 0.3) is 0 Å². The van der Waals surface area contributed by atoms with Crippen molar-refractivity contribution in [1.29, 1.82) is 0 Å². The Balaban J connectivity index is 2.21. The van der Waals surface area contributed by atoms with Crippen molar-refractivity contribution in [1.82, 2.24) is 0 Å². The van der Waals surface area contributed by atoms with Gasteiger partial charge in [0.05, 0.1) is 12.1 Å². The van der Waals surface area contributed by atoms with Crippen molar-refractivity contribution in [2.45, 2.75) is 38.2 Å². The van der Waals surface area contributed by atoms with Crippen LogP contribution in [-0.4, -0.2) is 24.0 Å². The first-order valence-electron chi connectivity index (χ1n) is 6.42. The lowest BCUT2D eigenvalue weighted by molar-refractivity contribution is -0.310. The number of aliphatic hydroxyl groups is 1. The molecular weight excluding hydrogens is 248 g/mol. The lowest BCUT2D eigenvalue weighted by Crippen LogP contribution is -2.36. The SMILES string of the molecule is CCCCC(O)C(C(=O)[O-])c1ccc2c(c1)OCO2. The summed E-state index contributed by atoms with van der Waals surface area (Å²) >= 11 is 0. The number of aliphatic carboxylic acids is 1. The molecule has 2 unspecified atom stereocenters. The van der Waals surface area contributed by atoms with Gasteiger partial charge in [-0.05, 0) is 24.1 Å². The van der Waals surface area contributed by atoms with Crippen LogP contribution in [0.3, 0.4) is 0 Å². The highest BCUT2D eigenvalue weighted by Gasteiger charge is 2.24. The smallest absolute Gasteiger partial charge is 0.231 e. The lowest BCUT2D eigenvalue weighted by Gasteiger charge is -2.24. The zero-order valence-electron chi connectivity index (χ0n) is 10.8. The van der Waals surface area contributed by atoms with E-state index in [1.165, 1.54) is 0 Å². The Morgan fingerprint density at radius 3 is 2.84 bits per heavy atom. The Kier molecular flexibility index (Phi) is 4.27. The molecule has 2 rings (SSSR count). The summed E-state index contributed by atoms with van der Waals surface area (Å²) in [5.74, 6) is -1.22. The molecule has 0 spiro atoms. The van der Waals surface area contributed by atoms with Crippen molar-refractivity contribution in [3.63, 3.8) is 0 Å². The molecule has 1 aliphatic rings. The minimum absolute atomic E-state index is 0.132. The van der Waals surface area contributed by atoms with Crippen LogP contribution >= 0.6 is 0 Å². The van der Waals surface area contributed by atoms with Crippen molar-refractivity contribution in [3.05, 3.63) is 23.8 Å². The number of carboxylic acids is 1. The third-order valence-electron chi connectivity index (χ3n) is 3.25. The normalized spacial score (nSPS) is 16.1. The van der Waals surface area contributed by atoms with Crippen LogP contribution in [0.4, 0.5) is 0 Å². The highest BCUT2D eigenvalue weighted by atomic mass is 16.7. The van der Waals surface area contributed by atoms with E-state index in [0.717, 1.165) is 12.8 Å². The molecule has 0 aliphatic carbocycles. The van der Waals surface area contributed by atoms with Gasteiger partial charge in [-0.2, -0.15) is 0 Å². The molecule has 0 bridgehead atoms. The molecule has 1 aliphatic heterocycles. The number of carboxylic acid groups (broad SMARTS) is 1. The maximum atomic E-state index is 11.3. The first-order chi connectivity index (χ1) is 9.13. The van der Waals surface area contributed by atoms with E-state index >= 15 is 0 Å². The fourth-order valence-electron chi connectivity index (χ4n) is 2.20. The number of ether oxygens (including phenoxy) is 2. The molecule has 1 aromatic carbocycles. The molecule has 0 radical (unpaired) electrons.